The number of anilines is 3. The van der Waals surface area contributed by atoms with Crippen LogP contribution in [0.15, 0.2) is 161 Å². The van der Waals surface area contributed by atoms with Crippen LogP contribution in [0.5, 0.6) is 23.0 Å². The Morgan fingerprint density at radius 3 is 2.19 bits per heavy atom. The molecule has 7 aromatic carbocycles. The highest BCUT2D eigenvalue weighted by Crippen LogP contribution is 2.54. The van der Waals surface area contributed by atoms with Gasteiger partial charge in [0.25, 0.3) is 6.71 Å². The largest absolute Gasteiger partial charge is 0.458 e. The van der Waals surface area contributed by atoms with E-state index in [-0.39, 0.29) is 12.1 Å². The van der Waals surface area contributed by atoms with Gasteiger partial charge in [0.05, 0.1) is 5.69 Å². The van der Waals surface area contributed by atoms with Crippen molar-refractivity contribution in [2.24, 2.45) is 11.8 Å². The Balaban J connectivity index is 1.03. The van der Waals surface area contributed by atoms with E-state index in [1.165, 1.54) is 67.4 Å². The van der Waals surface area contributed by atoms with Gasteiger partial charge in [-0.1, -0.05) is 104 Å². The van der Waals surface area contributed by atoms with E-state index in [1.807, 2.05) is 11.8 Å². The molecular weight excluding hydrogens is 677 g/mol. The number of para-hydroxylation sites is 3. The monoisotopic (exact) mass is 713 g/mol. The molecule has 2 aliphatic carbocycles. The third-order valence-electron chi connectivity index (χ3n) is 12.6. The van der Waals surface area contributed by atoms with Gasteiger partial charge in [-0.05, 0) is 125 Å². The highest BCUT2D eigenvalue weighted by atomic mass is 32.2. The zero-order chi connectivity index (χ0) is 35.5. The number of allylic oxidation sites excluding steroid dienone is 2. The van der Waals surface area contributed by atoms with Gasteiger partial charge in [-0.15, -0.1) is 0 Å². The van der Waals surface area contributed by atoms with Crippen molar-refractivity contribution in [3.8, 4) is 34.1 Å². The van der Waals surface area contributed by atoms with Crippen molar-refractivity contribution in [2.45, 2.75) is 41.4 Å². The Bertz CT molecular complexity index is 2690. The molecule has 3 atom stereocenters. The Morgan fingerprint density at radius 2 is 1.39 bits per heavy atom. The Morgan fingerprint density at radius 1 is 0.648 bits per heavy atom. The third kappa shape index (κ3) is 4.58. The fourth-order valence-corrected chi connectivity index (χ4v) is 11.0. The molecule has 0 bridgehead atoms. The van der Waals surface area contributed by atoms with Gasteiger partial charge in [0.15, 0.2) is 0 Å². The van der Waals surface area contributed by atoms with Crippen LogP contribution in [0.25, 0.3) is 21.9 Å². The number of nitrogens with zero attached hydrogens (tertiary/aromatic N) is 1. The molecular formula is C49H36BNO2S. The lowest BCUT2D eigenvalue weighted by atomic mass is 9.34. The number of ether oxygens (including phenoxy) is 2. The molecule has 5 heteroatoms. The smallest absolute Gasteiger partial charge is 0.260 e. The number of benzene rings is 7. The maximum Gasteiger partial charge on any atom is 0.260 e. The van der Waals surface area contributed by atoms with Crippen LogP contribution < -0.4 is 30.8 Å². The zero-order valence-electron chi connectivity index (χ0n) is 30.0. The molecule has 0 N–H and O–H groups in total. The SMILES string of the molecule is CC1(c2cc3c4c(c2)Oc2cc5c(cc2B4c2ccccc2O3)Sc2cccc3c(N(c4ccccc4)c4ccccc4)ccc-5c23)C=CCC2CC2C1. The van der Waals surface area contributed by atoms with Crippen LogP contribution in [0.2, 0.25) is 0 Å². The van der Waals surface area contributed by atoms with Crippen molar-refractivity contribution >= 4 is 62.7 Å². The van der Waals surface area contributed by atoms with Gasteiger partial charge >= 0.3 is 0 Å². The summed E-state index contributed by atoms with van der Waals surface area (Å²) in [5.74, 6) is 5.37. The maximum atomic E-state index is 7.09. The summed E-state index contributed by atoms with van der Waals surface area (Å²) < 4.78 is 13.9. The normalized spacial score (nSPS) is 20.6. The van der Waals surface area contributed by atoms with Gasteiger partial charge in [-0.3, -0.25) is 0 Å². The number of fused-ring (bicyclic) bond motifs is 7. The fourth-order valence-electron chi connectivity index (χ4n) is 9.84. The lowest BCUT2D eigenvalue weighted by Gasteiger charge is -2.36. The van der Waals surface area contributed by atoms with Crippen LogP contribution in [0.1, 0.15) is 31.7 Å². The minimum Gasteiger partial charge on any atom is -0.458 e. The maximum absolute atomic E-state index is 7.09. The van der Waals surface area contributed by atoms with Crippen LogP contribution >= 0.6 is 11.8 Å². The van der Waals surface area contributed by atoms with E-state index in [0.29, 0.717) is 0 Å². The van der Waals surface area contributed by atoms with Gasteiger partial charge < -0.3 is 14.4 Å². The highest BCUT2D eigenvalue weighted by Gasteiger charge is 2.45. The first-order valence-corrected chi connectivity index (χ1v) is 20.0. The number of hydrogen-bond donors (Lipinski definition) is 0. The molecule has 0 aromatic heterocycles. The molecule has 1 fully saturated rings. The minimum atomic E-state index is -0.0577. The van der Waals surface area contributed by atoms with Crippen LogP contribution in [0.4, 0.5) is 17.1 Å². The molecule has 5 aliphatic rings. The van der Waals surface area contributed by atoms with E-state index in [1.54, 1.807) is 0 Å². The summed E-state index contributed by atoms with van der Waals surface area (Å²) in [6.45, 7) is 2.43. The van der Waals surface area contributed by atoms with Gasteiger partial charge in [0, 0.05) is 42.8 Å². The van der Waals surface area contributed by atoms with E-state index >= 15 is 0 Å². The molecule has 0 saturated heterocycles. The standard InChI is InChI=1S/C49H36BNO2S/c1-49(23-11-12-30-24-31(30)29-49)32-25-43-48-44(26-32)53-42-27-37-35-21-22-40(51(33-13-4-2-5-14-33)34-15-6-3-7-16-34)36-17-10-20-45(47(35)36)54-46(37)28-39(42)50(48)38-18-8-9-19-41(38)52-43/h2-11,13-23,25-28,30-31H,12,24,29H2,1H3. The molecule has 3 aliphatic heterocycles. The summed E-state index contributed by atoms with van der Waals surface area (Å²) in [5, 5.41) is 2.52. The predicted molar refractivity (Wildman–Crippen MR) is 223 cm³/mol. The Kier molecular flexibility index (Phi) is 6.51. The van der Waals surface area contributed by atoms with E-state index in [0.717, 1.165) is 57.4 Å². The van der Waals surface area contributed by atoms with Crippen LogP contribution in [-0.2, 0) is 5.41 Å². The molecule has 0 amide bonds. The van der Waals surface area contributed by atoms with Crippen LogP contribution in [0.3, 0.4) is 0 Å². The Labute approximate surface area is 320 Å². The van der Waals surface area contributed by atoms with Crippen molar-refractivity contribution in [2.75, 3.05) is 4.90 Å². The molecule has 12 rings (SSSR count). The number of hydrogen-bond acceptors (Lipinski definition) is 4. The van der Waals surface area contributed by atoms with Crippen molar-refractivity contribution < 1.29 is 9.47 Å². The van der Waals surface area contributed by atoms with Gasteiger partial charge in [0.1, 0.15) is 23.0 Å². The van der Waals surface area contributed by atoms with E-state index in [4.69, 9.17) is 9.47 Å². The fraction of sp³-hybridized carbons (Fsp3) is 0.143. The second-order valence-corrected chi connectivity index (χ2v) is 17.0. The molecule has 1 saturated carbocycles. The van der Waals surface area contributed by atoms with Crippen molar-refractivity contribution in [1.29, 1.82) is 0 Å². The molecule has 3 nitrogen and oxygen atoms in total. The predicted octanol–water partition coefficient (Wildman–Crippen LogP) is 11.4. The summed E-state index contributed by atoms with van der Waals surface area (Å²) in [4.78, 5) is 4.91. The van der Waals surface area contributed by atoms with Crippen molar-refractivity contribution in [3.05, 3.63) is 157 Å². The minimum absolute atomic E-state index is 0.0267. The lowest BCUT2D eigenvalue weighted by Crippen LogP contribution is -2.57. The van der Waals surface area contributed by atoms with Gasteiger partial charge in [0.2, 0.25) is 0 Å². The van der Waals surface area contributed by atoms with E-state index < -0.39 is 0 Å². The molecule has 54 heavy (non-hydrogen) atoms. The molecule has 3 heterocycles. The molecule has 0 spiro atoms. The Hall–Kier alpha value is -5.65. The molecule has 7 aromatic rings. The lowest BCUT2D eigenvalue weighted by molar-refractivity contribution is 0.451. The summed E-state index contributed by atoms with van der Waals surface area (Å²) in [6, 6.07) is 50.7. The average Bonchev–Trinajstić information content (AvgIpc) is 3.97. The third-order valence-corrected chi connectivity index (χ3v) is 13.7. The highest BCUT2D eigenvalue weighted by molar-refractivity contribution is 7.99. The summed E-state index contributed by atoms with van der Waals surface area (Å²) in [5.41, 5.74) is 10.7. The average molecular weight is 714 g/mol. The first-order valence-electron chi connectivity index (χ1n) is 19.2. The first kappa shape index (κ1) is 30.8. The molecule has 258 valence electrons. The van der Waals surface area contributed by atoms with Crippen molar-refractivity contribution in [3.63, 3.8) is 0 Å². The summed E-state index contributed by atoms with van der Waals surface area (Å²) in [7, 11) is 0. The van der Waals surface area contributed by atoms with Gasteiger partial charge in [-0.2, -0.15) is 0 Å². The second-order valence-electron chi connectivity index (χ2n) is 15.9. The quantitative estimate of drug-likeness (QED) is 0.134. The number of rotatable bonds is 4. The van der Waals surface area contributed by atoms with Gasteiger partial charge in [-0.25, -0.2) is 0 Å². The van der Waals surface area contributed by atoms with Crippen LogP contribution in [0, 0.1) is 11.8 Å². The second kappa shape index (κ2) is 11.4. The summed E-state index contributed by atoms with van der Waals surface area (Å²) >= 11 is 1.87. The first-order chi connectivity index (χ1) is 26.6. The van der Waals surface area contributed by atoms with Crippen molar-refractivity contribution in [1.82, 2.24) is 0 Å². The zero-order valence-corrected chi connectivity index (χ0v) is 30.8. The topological polar surface area (TPSA) is 21.7 Å². The summed E-state index contributed by atoms with van der Waals surface area (Å²) in [6.07, 6.45) is 8.60. The molecule has 3 unspecified atom stereocenters. The van der Waals surface area contributed by atoms with E-state index in [9.17, 15) is 0 Å². The van der Waals surface area contributed by atoms with Crippen LogP contribution in [-0.4, -0.2) is 6.71 Å². The van der Waals surface area contributed by atoms with E-state index in [2.05, 4.69) is 164 Å². The molecule has 0 radical (unpaired) electrons.